The standard InChI is InChI=1S/C25H45N7O3/c1-25(2,3)35-24(33)32-14-13-31(16-18(32)9-10-26)22-20-8-5-11-27-15-21(20)28-23(29-22)34-17-19-7-6-12-30(19)4/h18-23,27-29H,5-9,11-17H2,1-4H3/t18?,19-,20?,21?,22?,23?/m0/s1. The minimum absolute atomic E-state index is 0.134. The van der Waals surface area contributed by atoms with Crippen LogP contribution in [-0.2, 0) is 9.47 Å². The Morgan fingerprint density at radius 3 is 2.66 bits per heavy atom. The molecule has 3 N–H and O–H groups in total. The normalized spacial score (nSPS) is 35.2. The van der Waals surface area contributed by atoms with E-state index in [4.69, 9.17) is 9.47 Å². The number of carbonyl (C=O) groups is 1. The average molecular weight is 492 g/mol. The highest BCUT2D eigenvalue weighted by atomic mass is 16.6. The summed E-state index contributed by atoms with van der Waals surface area (Å²) in [6.45, 7) is 11.4. The molecular weight excluding hydrogens is 446 g/mol. The maximum absolute atomic E-state index is 12.9. The summed E-state index contributed by atoms with van der Waals surface area (Å²) < 4.78 is 12.0. The Hall–Kier alpha value is -1.48. The first-order valence-corrected chi connectivity index (χ1v) is 13.4. The minimum atomic E-state index is -0.555. The van der Waals surface area contributed by atoms with Crippen LogP contribution in [0.2, 0.25) is 0 Å². The maximum Gasteiger partial charge on any atom is 0.410 e. The van der Waals surface area contributed by atoms with Gasteiger partial charge in [-0.25, -0.2) is 4.79 Å². The molecule has 0 spiro atoms. The van der Waals surface area contributed by atoms with Crippen molar-refractivity contribution in [1.82, 2.24) is 30.7 Å². The number of ether oxygens (including phenoxy) is 2. The van der Waals surface area contributed by atoms with Crippen molar-refractivity contribution in [2.75, 3.05) is 52.9 Å². The molecule has 4 aliphatic heterocycles. The summed E-state index contributed by atoms with van der Waals surface area (Å²) in [7, 11) is 2.18. The van der Waals surface area contributed by atoms with E-state index >= 15 is 0 Å². The fraction of sp³-hybridized carbons (Fsp3) is 0.920. The second kappa shape index (κ2) is 11.7. The highest BCUT2D eigenvalue weighted by molar-refractivity contribution is 5.68. The lowest BCUT2D eigenvalue weighted by molar-refractivity contribution is -0.0979. The zero-order valence-corrected chi connectivity index (χ0v) is 22.0. The second-order valence-electron chi connectivity index (χ2n) is 11.6. The van der Waals surface area contributed by atoms with Crippen LogP contribution < -0.4 is 16.0 Å². The van der Waals surface area contributed by atoms with E-state index in [9.17, 15) is 10.1 Å². The summed E-state index contributed by atoms with van der Waals surface area (Å²) >= 11 is 0. The third kappa shape index (κ3) is 6.85. The molecule has 4 saturated heterocycles. The van der Waals surface area contributed by atoms with Gasteiger partial charge in [-0.05, 0) is 66.6 Å². The van der Waals surface area contributed by atoms with Gasteiger partial charge in [-0.1, -0.05) is 0 Å². The Balaban J connectivity index is 1.44. The molecule has 6 atom stereocenters. The third-order valence-corrected chi connectivity index (χ3v) is 7.85. The van der Waals surface area contributed by atoms with E-state index in [2.05, 4.69) is 38.9 Å². The lowest BCUT2D eigenvalue weighted by Crippen LogP contribution is -2.72. The molecule has 0 aliphatic carbocycles. The van der Waals surface area contributed by atoms with E-state index in [1.807, 2.05) is 20.8 Å². The minimum Gasteiger partial charge on any atom is -0.444 e. The SMILES string of the molecule is CN1CCC[C@H]1COC1NC2CNCCCC2C(N2CCN(C(=O)OC(C)(C)C)C(CC#N)C2)N1. The van der Waals surface area contributed by atoms with E-state index in [0.29, 0.717) is 44.1 Å². The van der Waals surface area contributed by atoms with Gasteiger partial charge in [0.25, 0.3) is 0 Å². The van der Waals surface area contributed by atoms with Crippen LogP contribution in [0.25, 0.3) is 0 Å². The van der Waals surface area contributed by atoms with Gasteiger partial charge in [0.2, 0.25) is 0 Å². The molecule has 0 radical (unpaired) electrons. The Morgan fingerprint density at radius 1 is 1.11 bits per heavy atom. The van der Waals surface area contributed by atoms with E-state index in [-0.39, 0.29) is 24.7 Å². The fourth-order valence-corrected chi connectivity index (χ4v) is 6.00. The summed E-state index contributed by atoms with van der Waals surface area (Å²) in [5.74, 6) is 0.426. The number of likely N-dealkylation sites (tertiary alicyclic amines) is 1. The summed E-state index contributed by atoms with van der Waals surface area (Å²) in [4.78, 5) is 19.4. The third-order valence-electron chi connectivity index (χ3n) is 7.85. The lowest BCUT2D eigenvalue weighted by atomic mass is 9.89. The van der Waals surface area contributed by atoms with Crippen molar-refractivity contribution in [3.8, 4) is 6.07 Å². The zero-order chi connectivity index (χ0) is 25.0. The number of amides is 1. The molecule has 0 aromatic rings. The van der Waals surface area contributed by atoms with Crippen LogP contribution in [0.15, 0.2) is 0 Å². The van der Waals surface area contributed by atoms with Gasteiger partial charge in [-0.15, -0.1) is 0 Å². The lowest BCUT2D eigenvalue weighted by Gasteiger charge is -2.51. The molecule has 4 heterocycles. The molecule has 0 bridgehead atoms. The maximum atomic E-state index is 12.9. The number of nitrogens with one attached hydrogen (secondary N) is 3. The molecule has 5 unspecified atom stereocenters. The predicted octanol–water partition coefficient (Wildman–Crippen LogP) is 1.10. The van der Waals surface area contributed by atoms with Crippen LogP contribution in [0, 0.1) is 17.2 Å². The van der Waals surface area contributed by atoms with Crippen molar-refractivity contribution in [1.29, 1.82) is 5.26 Å². The number of hydrogen-bond donors (Lipinski definition) is 3. The number of nitriles is 1. The van der Waals surface area contributed by atoms with Crippen molar-refractivity contribution < 1.29 is 14.3 Å². The molecule has 0 saturated carbocycles. The first-order valence-electron chi connectivity index (χ1n) is 13.4. The quantitative estimate of drug-likeness (QED) is 0.521. The fourth-order valence-electron chi connectivity index (χ4n) is 6.00. The van der Waals surface area contributed by atoms with Crippen molar-refractivity contribution >= 4 is 6.09 Å². The number of piperazine rings is 1. The number of rotatable bonds is 5. The number of fused-ring (bicyclic) bond motifs is 1. The van der Waals surface area contributed by atoms with Gasteiger partial charge >= 0.3 is 6.09 Å². The second-order valence-corrected chi connectivity index (χ2v) is 11.6. The van der Waals surface area contributed by atoms with Crippen LogP contribution in [0.3, 0.4) is 0 Å². The van der Waals surface area contributed by atoms with Crippen LogP contribution in [0.1, 0.15) is 52.9 Å². The molecule has 10 nitrogen and oxygen atoms in total. The molecule has 0 aromatic heterocycles. The molecule has 4 rings (SSSR count). The van der Waals surface area contributed by atoms with Crippen molar-refractivity contribution in [2.45, 2.75) is 89.1 Å². The molecule has 1 amide bonds. The summed E-state index contributed by atoms with van der Waals surface area (Å²) in [6.07, 6.45) is 4.56. The number of likely N-dealkylation sites (N-methyl/N-ethyl adjacent to an activating group) is 1. The van der Waals surface area contributed by atoms with Crippen molar-refractivity contribution in [3.05, 3.63) is 0 Å². The molecule has 198 valence electrons. The summed E-state index contributed by atoms with van der Waals surface area (Å²) in [6, 6.07) is 2.89. The van der Waals surface area contributed by atoms with Gasteiger partial charge in [-0.3, -0.25) is 15.5 Å². The Morgan fingerprint density at radius 2 is 1.94 bits per heavy atom. The van der Waals surface area contributed by atoms with Crippen LogP contribution in [-0.4, -0.2) is 110 Å². The van der Waals surface area contributed by atoms with E-state index < -0.39 is 5.60 Å². The van der Waals surface area contributed by atoms with Gasteiger partial charge in [0.05, 0.1) is 31.3 Å². The largest absolute Gasteiger partial charge is 0.444 e. The predicted molar refractivity (Wildman–Crippen MR) is 133 cm³/mol. The van der Waals surface area contributed by atoms with E-state index in [0.717, 1.165) is 39.0 Å². The smallest absolute Gasteiger partial charge is 0.410 e. The Bertz CT molecular complexity index is 754. The monoisotopic (exact) mass is 491 g/mol. The Labute approximate surface area is 210 Å². The summed E-state index contributed by atoms with van der Waals surface area (Å²) in [5.41, 5.74) is -0.555. The first kappa shape index (κ1) is 26.6. The number of nitrogens with zero attached hydrogens (tertiary/aromatic N) is 4. The molecular formula is C25H45N7O3. The molecule has 10 heteroatoms. The Kier molecular flexibility index (Phi) is 8.90. The van der Waals surface area contributed by atoms with Crippen molar-refractivity contribution in [3.63, 3.8) is 0 Å². The zero-order valence-electron chi connectivity index (χ0n) is 22.0. The van der Waals surface area contributed by atoms with Gasteiger partial charge in [0.15, 0.2) is 6.35 Å². The molecule has 0 aromatic carbocycles. The highest BCUT2D eigenvalue weighted by Crippen LogP contribution is 2.28. The van der Waals surface area contributed by atoms with Gasteiger partial charge in [0, 0.05) is 44.2 Å². The average Bonchev–Trinajstić information content (AvgIpc) is 3.06. The van der Waals surface area contributed by atoms with Crippen molar-refractivity contribution in [2.24, 2.45) is 5.92 Å². The van der Waals surface area contributed by atoms with Crippen LogP contribution in [0.4, 0.5) is 4.79 Å². The number of hydrogen-bond acceptors (Lipinski definition) is 9. The highest BCUT2D eigenvalue weighted by Gasteiger charge is 2.44. The molecule has 35 heavy (non-hydrogen) atoms. The van der Waals surface area contributed by atoms with E-state index in [1.54, 1.807) is 4.90 Å². The molecule has 4 fully saturated rings. The van der Waals surface area contributed by atoms with Gasteiger partial charge in [-0.2, -0.15) is 5.26 Å². The van der Waals surface area contributed by atoms with Crippen LogP contribution in [0.5, 0.6) is 0 Å². The van der Waals surface area contributed by atoms with Gasteiger partial charge < -0.3 is 24.6 Å². The summed E-state index contributed by atoms with van der Waals surface area (Å²) in [5, 5.41) is 20.6. The molecule has 4 aliphatic rings. The topological polar surface area (TPSA) is 105 Å². The van der Waals surface area contributed by atoms with E-state index in [1.165, 1.54) is 12.8 Å². The number of carbonyl (C=O) groups excluding carboxylic acids is 1. The van der Waals surface area contributed by atoms with Crippen LogP contribution >= 0.6 is 0 Å². The van der Waals surface area contributed by atoms with Gasteiger partial charge in [0.1, 0.15) is 5.60 Å². The first-order chi connectivity index (χ1) is 16.7.